The molecule has 4 heterocycles. The van der Waals surface area contributed by atoms with E-state index in [9.17, 15) is 8.42 Å². The number of hydrogen-bond donors (Lipinski definition) is 1. The molecular weight excluding hydrogens is 516 g/mol. The minimum atomic E-state index is -3.99. The second kappa shape index (κ2) is 11.9. The number of nitrogens with one attached hydrogen (secondary N) is 1. The van der Waals surface area contributed by atoms with E-state index in [4.69, 9.17) is 9.47 Å². The van der Waals surface area contributed by atoms with Crippen LogP contribution in [-0.2, 0) is 21.3 Å². The van der Waals surface area contributed by atoms with E-state index in [-0.39, 0.29) is 10.8 Å². The van der Waals surface area contributed by atoms with Crippen LogP contribution in [0.1, 0.15) is 12.5 Å². The molecule has 0 amide bonds. The standard InChI is InChI=1S/C28H36N6O4S/c1-21-19-33(9-8-32(21)2)20-22-4-6-23(7-5-22)24-14-25(17-29-16-24)31-39(35,36)27-15-26(18-30-28(27)37-3)34-10-12-38-13-11-34/h4-7,14-18,21,31H,8-13,19-20H2,1-3H3. The van der Waals surface area contributed by atoms with Crippen molar-refractivity contribution in [1.29, 1.82) is 0 Å². The van der Waals surface area contributed by atoms with Crippen LogP contribution in [0.25, 0.3) is 11.1 Å². The fourth-order valence-corrected chi connectivity index (χ4v) is 6.13. The fraction of sp³-hybridized carbons (Fsp3) is 0.429. The molecule has 0 saturated carbocycles. The molecular formula is C28H36N6O4S. The van der Waals surface area contributed by atoms with Gasteiger partial charge in [-0.25, -0.2) is 13.4 Å². The highest BCUT2D eigenvalue weighted by atomic mass is 32.2. The summed E-state index contributed by atoms with van der Waals surface area (Å²) < 4.78 is 40.2. The van der Waals surface area contributed by atoms with Crippen LogP contribution < -0.4 is 14.4 Å². The SMILES string of the molecule is COc1ncc(N2CCOCC2)cc1S(=O)(=O)Nc1cncc(-c2ccc(CN3CCN(C)C(C)C3)cc2)c1. The third kappa shape index (κ3) is 6.50. The van der Waals surface area contributed by atoms with Gasteiger partial charge in [0, 0.05) is 57.1 Å². The van der Waals surface area contributed by atoms with Crippen LogP contribution >= 0.6 is 0 Å². The van der Waals surface area contributed by atoms with E-state index in [1.165, 1.54) is 18.9 Å². The maximum absolute atomic E-state index is 13.4. The number of nitrogens with zero attached hydrogens (tertiary/aromatic N) is 5. The summed E-state index contributed by atoms with van der Waals surface area (Å²) in [6.07, 6.45) is 4.85. The molecule has 10 nitrogen and oxygen atoms in total. The highest BCUT2D eigenvalue weighted by Gasteiger charge is 2.24. The first kappa shape index (κ1) is 27.3. The third-order valence-corrected chi connectivity index (χ3v) is 8.77. The van der Waals surface area contributed by atoms with E-state index < -0.39 is 10.0 Å². The molecule has 2 aliphatic heterocycles. The molecule has 11 heteroatoms. The molecule has 2 aliphatic rings. The van der Waals surface area contributed by atoms with E-state index >= 15 is 0 Å². The van der Waals surface area contributed by atoms with Crippen LogP contribution in [0.5, 0.6) is 5.88 Å². The van der Waals surface area contributed by atoms with Crippen molar-refractivity contribution in [1.82, 2.24) is 19.8 Å². The number of morpholine rings is 1. The zero-order valence-electron chi connectivity index (χ0n) is 22.7. The van der Waals surface area contributed by atoms with E-state index in [1.54, 1.807) is 24.5 Å². The Morgan fingerprint density at radius 1 is 1.03 bits per heavy atom. The molecule has 3 aromatic rings. The van der Waals surface area contributed by atoms with Crippen molar-refractivity contribution < 1.29 is 17.9 Å². The van der Waals surface area contributed by atoms with Gasteiger partial charge >= 0.3 is 0 Å². The Labute approximate surface area is 230 Å². The van der Waals surface area contributed by atoms with E-state index in [2.05, 4.69) is 62.7 Å². The number of ether oxygens (including phenoxy) is 2. The number of anilines is 2. The summed E-state index contributed by atoms with van der Waals surface area (Å²) in [6, 6.07) is 12.3. The summed E-state index contributed by atoms with van der Waals surface area (Å²) in [5.41, 5.74) is 4.11. The number of hydrogen-bond acceptors (Lipinski definition) is 9. The number of methoxy groups -OCH3 is 1. The van der Waals surface area contributed by atoms with Gasteiger partial charge in [-0.1, -0.05) is 24.3 Å². The van der Waals surface area contributed by atoms with Gasteiger partial charge in [0.15, 0.2) is 4.90 Å². The Bertz CT molecular complexity index is 1380. The molecule has 39 heavy (non-hydrogen) atoms. The zero-order chi connectivity index (χ0) is 27.4. The summed E-state index contributed by atoms with van der Waals surface area (Å²) in [6.45, 7) is 8.87. The maximum Gasteiger partial charge on any atom is 0.267 e. The van der Waals surface area contributed by atoms with Crippen LogP contribution in [0.15, 0.2) is 59.9 Å². The Kier molecular flexibility index (Phi) is 8.31. The molecule has 0 radical (unpaired) electrons. The average Bonchev–Trinajstić information content (AvgIpc) is 2.95. The summed E-state index contributed by atoms with van der Waals surface area (Å²) in [7, 11) is -0.408. The highest BCUT2D eigenvalue weighted by molar-refractivity contribution is 7.92. The summed E-state index contributed by atoms with van der Waals surface area (Å²) in [5, 5.41) is 0. The minimum Gasteiger partial charge on any atom is -0.480 e. The van der Waals surface area contributed by atoms with Gasteiger partial charge in [-0.3, -0.25) is 14.6 Å². The Morgan fingerprint density at radius 2 is 1.79 bits per heavy atom. The molecule has 0 aliphatic carbocycles. The lowest BCUT2D eigenvalue weighted by Gasteiger charge is -2.37. The highest BCUT2D eigenvalue weighted by Crippen LogP contribution is 2.30. The second-order valence-electron chi connectivity index (χ2n) is 10.1. The van der Waals surface area contributed by atoms with Crippen LogP contribution in [0, 0.1) is 0 Å². The van der Waals surface area contributed by atoms with Crippen LogP contribution in [0.3, 0.4) is 0 Å². The van der Waals surface area contributed by atoms with Crippen LogP contribution in [-0.4, -0.2) is 94.3 Å². The van der Waals surface area contributed by atoms with Crippen molar-refractivity contribution in [3.05, 3.63) is 60.6 Å². The first-order valence-electron chi connectivity index (χ1n) is 13.2. The molecule has 208 valence electrons. The molecule has 1 aromatic carbocycles. The molecule has 1 N–H and O–H groups in total. The number of piperazine rings is 1. The van der Waals surface area contributed by atoms with Gasteiger partial charge in [-0.15, -0.1) is 0 Å². The van der Waals surface area contributed by atoms with Gasteiger partial charge in [0.05, 0.1) is 44.1 Å². The van der Waals surface area contributed by atoms with Crippen LogP contribution in [0.2, 0.25) is 0 Å². The first-order valence-corrected chi connectivity index (χ1v) is 14.7. The number of rotatable bonds is 8. The van der Waals surface area contributed by atoms with Gasteiger partial charge < -0.3 is 19.3 Å². The predicted molar refractivity (Wildman–Crippen MR) is 152 cm³/mol. The minimum absolute atomic E-state index is 0.0260. The van der Waals surface area contributed by atoms with Crippen molar-refractivity contribution in [2.45, 2.75) is 24.4 Å². The van der Waals surface area contributed by atoms with Gasteiger partial charge in [0.25, 0.3) is 10.0 Å². The van der Waals surface area contributed by atoms with Crippen LogP contribution in [0.4, 0.5) is 11.4 Å². The number of pyridine rings is 2. The summed E-state index contributed by atoms with van der Waals surface area (Å²) in [5.74, 6) is 0.0361. The maximum atomic E-state index is 13.4. The Balaban J connectivity index is 1.31. The monoisotopic (exact) mass is 552 g/mol. The normalized spacial score (nSPS) is 19.2. The summed E-state index contributed by atoms with van der Waals surface area (Å²) in [4.78, 5) is 15.4. The zero-order valence-corrected chi connectivity index (χ0v) is 23.5. The van der Waals surface area contributed by atoms with E-state index in [0.717, 1.165) is 37.3 Å². The van der Waals surface area contributed by atoms with E-state index in [0.29, 0.717) is 43.7 Å². The Hall–Kier alpha value is -3.25. The molecule has 0 spiro atoms. The van der Waals surface area contributed by atoms with Gasteiger partial charge in [-0.05, 0) is 37.2 Å². The molecule has 2 fully saturated rings. The van der Waals surface area contributed by atoms with Crippen molar-refractivity contribution >= 4 is 21.4 Å². The number of benzene rings is 1. The lowest BCUT2D eigenvalue weighted by molar-refractivity contribution is 0.1000. The van der Waals surface area contributed by atoms with Gasteiger partial charge in [0.2, 0.25) is 5.88 Å². The average molecular weight is 553 g/mol. The number of likely N-dealkylation sites (N-methyl/N-ethyl adjacent to an activating group) is 1. The molecule has 1 unspecified atom stereocenters. The summed E-state index contributed by atoms with van der Waals surface area (Å²) >= 11 is 0. The topological polar surface area (TPSA) is 100 Å². The van der Waals surface area contributed by atoms with Crippen molar-refractivity contribution in [3.63, 3.8) is 0 Å². The number of aromatic nitrogens is 2. The molecule has 0 bridgehead atoms. The first-order chi connectivity index (χ1) is 18.8. The lowest BCUT2D eigenvalue weighted by atomic mass is 10.0. The number of sulfonamides is 1. The van der Waals surface area contributed by atoms with E-state index in [1.807, 2.05) is 4.90 Å². The Morgan fingerprint density at radius 3 is 2.51 bits per heavy atom. The molecule has 5 rings (SSSR count). The third-order valence-electron chi connectivity index (χ3n) is 7.39. The predicted octanol–water partition coefficient (Wildman–Crippen LogP) is 2.93. The molecule has 2 saturated heterocycles. The van der Waals surface area contributed by atoms with Crippen molar-refractivity contribution in [2.75, 3.05) is 69.7 Å². The lowest BCUT2D eigenvalue weighted by Crippen LogP contribution is -2.49. The smallest absolute Gasteiger partial charge is 0.267 e. The fourth-order valence-electron chi connectivity index (χ4n) is 4.95. The quantitative estimate of drug-likeness (QED) is 0.452. The molecule has 1 atom stereocenters. The second-order valence-corrected chi connectivity index (χ2v) is 11.8. The van der Waals surface area contributed by atoms with Gasteiger partial charge in [0.1, 0.15) is 0 Å². The van der Waals surface area contributed by atoms with Gasteiger partial charge in [-0.2, -0.15) is 0 Å². The van der Waals surface area contributed by atoms with Crippen molar-refractivity contribution in [2.24, 2.45) is 0 Å². The molecule has 2 aromatic heterocycles. The van der Waals surface area contributed by atoms with Crippen molar-refractivity contribution in [3.8, 4) is 17.0 Å². The largest absolute Gasteiger partial charge is 0.480 e.